The normalized spacial score (nSPS) is 18.5. The summed E-state index contributed by atoms with van der Waals surface area (Å²) in [4.78, 5) is 30.5. The van der Waals surface area contributed by atoms with E-state index in [9.17, 15) is 9.59 Å². The minimum atomic E-state index is -1.22. The Bertz CT molecular complexity index is 1430. The van der Waals surface area contributed by atoms with Gasteiger partial charge in [-0.05, 0) is 67.6 Å². The second-order valence-electron chi connectivity index (χ2n) is 9.17. The highest BCUT2D eigenvalue weighted by Gasteiger charge is 2.48. The number of para-hydroxylation sites is 1. The highest BCUT2D eigenvalue weighted by Crippen LogP contribution is 2.43. The van der Waals surface area contributed by atoms with Gasteiger partial charge in [-0.1, -0.05) is 53.5 Å². The Labute approximate surface area is 218 Å². The van der Waals surface area contributed by atoms with E-state index in [4.69, 9.17) is 23.2 Å². The highest BCUT2D eigenvalue weighted by atomic mass is 35.5. The number of amides is 2. The molecule has 0 radical (unpaired) electrons. The van der Waals surface area contributed by atoms with Crippen LogP contribution in [-0.4, -0.2) is 17.9 Å². The summed E-state index contributed by atoms with van der Waals surface area (Å²) in [6.45, 7) is 1.87. The number of hydrogen-bond acceptors (Lipinski definition) is 4. The Hall–Kier alpha value is -3.51. The lowest BCUT2D eigenvalue weighted by atomic mass is 9.84. The lowest BCUT2D eigenvalue weighted by molar-refractivity contribution is -0.119. The monoisotopic (exact) mass is 520 g/mol. The molecular weight excluding hydrogens is 497 g/mol. The van der Waals surface area contributed by atoms with Crippen molar-refractivity contribution in [3.05, 3.63) is 93.0 Å². The van der Waals surface area contributed by atoms with Crippen LogP contribution in [0.1, 0.15) is 46.3 Å². The summed E-state index contributed by atoms with van der Waals surface area (Å²) in [5.74, 6) is -0.792. The number of carbonyl (C=O) groups is 2. The number of nitrogens with one attached hydrogen (secondary N) is 2. The molecule has 3 aromatic carbocycles. The van der Waals surface area contributed by atoms with Crippen molar-refractivity contribution in [1.82, 2.24) is 4.91 Å². The Kier molecular flexibility index (Phi) is 6.63. The maximum Gasteiger partial charge on any atom is 0.362 e. The van der Waals surface area contributed by atoms with Crippen molar-refractivity contribution in [1.29, 1.82) is 0 Å². The first-order valence-corrected chi connectivity index (χ1v) is 12.5. The Balaban J connectivity index is 1.59. The van der Waals surface area contributed by atoms with Gasteiger partial charge >= 0.3 is 5.91 Å². The number of nitrogens with zero attached hydrogens (tertiary/aromatic N) is 3. The molecule has 2 N–H and O–H groups in total. The molecule has 1 fully saturated rings. The zero-order valence-electron chi connectivity index (χ0n) is 19.6. The van der Waals surface area contributed by atoms with E-state index < -0.39 is 11.4 Å². The fraction of sp³-hybridized carbons (Fsp3) is 0.259. The van der Waals surface area contributed by atoms with Gasteiger partial charge in [-0.3, -0.25) is 9.59 Å². The van der Waals surface area contributed by atoms with Crippen molar-refractivity contribution < 1.29 is 9.59 Å². The summed E-state index contributed by atoms with van der Waals surface area (Å²) >= 11 is 12.5. The second-order valence-corrected chi connectivity index (χ2v) is 10.0. The fourth-order valence-electron chi connectivity index (χ4n) is 4.56. The molecular formula is C27H24Cl2N5O2+. The first-order valence-electron chi connectivity index (χ1n) is 11.7. The van der Waals surface area contributed by atoms with Gasteiger partial charge in [0.05, 0.1) is 11.3 Å². The number of halogens is 2. The van der Waals surface area contributed by atoms with E-state index in [0.29, 0.717) is 27.0 Å². The Morgan fingerprint density at radius 2 is 1.89 bits per heavy atom. The van der Waals surface area contributed by atoms with Crippen molar-refractivity contribution >= 4 is 46.4 Å². The maximum absolute atomic E-state index is 13.6. The fourth-order valence-corrected chi connectivity index (χ4v) is 4.95. The minimum absolute atomic E-state index is 0.142. The predicted molar refractivity (Wildman–Crippen MR) is 141 cm³/mol. The quantitative estimate of drug-likeness (QED) is 0.288. The third kappa shape index (κ3) is 4.65. The van der Waals surface area contributed by atoms with Crippen molar-refractivity contribution in [3.63, 3.8) is 0 Å². The molecule has 182 valence electrons. The highest BCUT2D eigenvalue weighted by molar-refractivity contribution is 6.31. The largest absolute Gasteiger partial charge is 0.366 e. The van der Waals surface area contributed by atoms with Crippen LogP contribution in [0, 0.1) is 6.92 Å². The number of rotatable bonds is 6. The van der Waals surface area contributed by atoms with Crippen molar-refractivity contribution in [2.24, 2.45) is 10.2 Å². The summed E-state index contributed by atoms with van der Waals surface area (Å²) in [7, 11) is 0. The molecule has 0 bridgehead atoms. The summed E-state index contributed by atoms with van der Waals surface area (Å²) in [6, 6.07) is 18.1. The lowest BCUT2D eigenvalue weighted by Gasteiger charge is -2.31. The summed E-state index contributed by atoms with van der Waals surface area (Å²) in [5.41, 5.74) is 2.57. The van der Waals surface area contributed by atoms with Crippen LogP contribution in [0.25, 0.3) is 0 Å². The number of aryl methyl sites for hydroxylation is 1. The number of carbonyl (C=O) groups excluding carboxylic acids is 2. The molecule has 36 heavy (non-hydrogen) atoms. The van der Waals surface area contributed by atoms with Gasteiger partial charge in [0, 0.05) is 27.7 Å². The first-order chi connectivity index (χ1) is 17.4. The van der Waals surface area contributed by atoms with Gasteiger partial charge in [0.1, 0.15) is 16.7 Å². The number of hydrogen-bond donors (Lipinski definition) is 2. The van der Waals surface area contributed by atoms with Crippen LogP contribution in [0.15, 0.2) is 70.9 Å². The van der Waals surface area contributed by atoms with Crippen LogP contribution >= 0.6 is 23.2 Å². The molecule has 0 spiro atoms. The lowest BCUT2D eigenvalue weighted by Crippen LogP contribution is -2.44. The van der Waals surface area contributed by atoms with Gasteiger partial charge in [0.15, 0.2) is 0 Å². The summed E-state index contributed by atoms with van der Waals surface area (Å²) in [5, 5.41) is 15.4. The van der Waals surface area contributed by atoms with E-state index in [1.807, 2.05) is 37.3 Å². The average molecular weight is 521 g/mol. The molecule has 7 nitrogen and oxygen atoms in total. The van der Waals surface area contributed by atoms with Crippen LogP contribution in [-0.2, 0) is 16.8 Å². The SMILES string of the molecule is Cc1cccc(C(=O)N=[N+]=NC2CCC2)c1NC1(Cc2cccc(Cl)c2)C(=O)Nc2cc(Cl)ccc21. The molecule has 5 rings (SSSR count). The van der Waals surface area contributed by atoms with Crippen molar-refractivity contribution in [3.8, 4) is 0 Å². The van der Waals surface area contributed by atoms with Crippen LogP contribution < -0.4 is 15.5 Å². The van der Waals surface area contributed by atoms with Crippen LogP contribution in [0.5, 0.6) is 0 Å². The van der Waals surface area contributed by atoms with E-state index in [-0.39, 0.29) is 18.4 Å². The summed E-state index contributed by atoms with van der Waals surface area (Å²) in [6.07, 6.45) is 3.34. The maximum atomic E-state index is 13.6. The molecule has 3 aromatic rings. The molecule has 0 saturated heterocycles. The van der Waals surface area contributed by atoms with Gasteiger partial charge < -0.3 is 10.6 Å². The van der Waals surface area contributed by atoms with Gasteiger partial charge in [0.2, 0.25) is 10.0 Å². The molecule has 0 aromatic heterocycles. The number of benzene rings is 3. The van der Waals surface area contributed by atoms with Crippen LogP contribution in [0.3, 0.4) is 0 Å². The van der Waals surface area contributed by atoms with Crippen LogP contribution in [0.4, 0.5) is 11.4 Å². The van der Waals surface area contributed by atoms with Crippen molar-refractivity contribution in [2.75, 3.05) is 10.6 Å². The third-order valence-corrected chi connectivity index (χ3v) is 7.17. The van der Waals surface area contributed by atoms with Gasteiger partial charge in [-0.2, -0.15) is 0 Å². The first kappa shape index (κ1) is 24.2. The van der Waals surface area contributed by atoms with E-state index in [1.54, 1.807) is 30.3 Å². The Morgan fingerprint density at radius 1 is 1.11 bits per heavy atom. The minimum Gasteiger partial charge on any atom is -0.366 e. The van der Waals surface area contributed by atoms with Gasteiger partial charge in [0.25, 0.3) is 5.91 Å². The molecule has 9 heteroatoms. The molecule has 1 aliphatic carbocycles. The number of fused-ring (bicyclic) bond motifs is 1. The van der Waals surface area contributed by atoms with E-state index in [0.717, 1.165) is 36.0 Å². The topological polar surface area (TPSA) is 97.0 Å². The van der Waals surface area contributed by atoms with E-state index in [1.165, 1.54) is 0 Å². The van der Waals surface area contributed by atoms with Crippen LogP contribution in [0.2, 0.25) is 10.0 Å². The second kappa shape index (κ2) is 9.86. The molecule has 2 aliphatic rings. The molecule has 1 aliphatic heterocycles. The summed E-state index contributed by atoms with van der Waals surface area (Å²) < 4.78 is 0. The van der Waals surface area contributed by atoms with Gasteiger partial charge in [-0.25, -0.2) is 0 Å². The molecule has 2 amide bonds. The zero-order valence-corrected chi connectivity index (χ0v) is 21.1. The zero-order chi connectivity index (χ0) is 25.3. The van der Waals surface area contributed by atoms with Crippen molar-refractivity contribution in [2.45, 2.75) is 44.2 Å². The molecule has 1 unspecified atom stereocenters. The standard InChI is InChI=1S/C27H23Cl2N5O2/c1-16-5-2-10-21(25(35)33-34-32-20-8-4-9-20)24(16)31-27(15-17-6-3-7-18(28)13-17)22-12-11-19(29)14-23(22)30-26(27)36/h2-3,5-7,10-14,20H,4,8-9,15H2,1H3,(H-,30,31,35,36)/p+1. The smallest absolute Gasteiger partial charge is 0.362 e. The van der Waals surface area contributed by atoms with E-state index in [2.05, 4.69) is 25.8 Å². The Morgan fingerprint density at radius 3 is 2.64 bits per heavy atom. The molecule has 1 saturated carbocycles. The van der Waals surface area contributed by atoms with E-state index >= 15 is 0 Å². The predicted octanol–water partition coefficient (Wildman–Crippen LogP) is 6.47. The average Bonchev–Trinajstić information content (AvgIpc) is 3.06. The number of anilines is 2. The molecule has 1 atom stereocenters. The third-order valence-electron chi connectivity index (χ3n) is 6.70. The molecule has 1 heterocycles. The van der Waals surface area contributed by atoms with Gasteiger partial charge in [-0.15, -0.1) is 0 Å².